The molecule has 0 radical (unpaired) electrons. The zero-order valence-electron chi connectivity index (χ0n) is 10.5. The van der Waals surface area contributed by atoms with Gasteiger partial charge >= 0.3 is 0 Å². The Kier molecular flexibility index (Phi) is 4.04. The molecule has 0 amide bonds. The largest absolute Gasteiger partial charge is 0.507 e. The summed E-state index contributed by atoms with van der Waals surface area (Å²) in [5, 5.41) is 9.99. The predicted molar refractivity (Wildman–Crippen MR) is 73.2 cm³/mol. The normalized spacial score (nSPS) is 19.7. The van der Waals surface area contributed by atoms with Crippen LogP contribution in [0.1, 0.15) is 18.6 Å². The molecule has 18 heavy (non-hydrogen) atoms. The van der Waals surface area contributed by atoms with Gasteiger partial charge in [-0.15, -0.1) is 0 Å². The van der Waals surface area contributed by atoms with Crippen LogP contribution < -0.4 is 4.74 Å². The van der Waals surface area contributed by atoms with Gasteiger partial charge in [0.2, 0.25) is 0 Å². The van der Waals surface area contributed by atoms with E-state index in [2.05, 4.69) is 4.90 Å². The smallest absolute Gasteiger partial charge is 0.125 e. The summed E-state index contributed by atoms with van der Waals surface area (Å²) in [5.41, 5.74) is 0.775. The molecule has 1 aromatic carbocycles. The third-order valence-corrected chi connectivity index (χ3v) is 3.35. The molecule has 1 fully saturated rings. The van der Waals surface area contributed by atoms with Crippen LogP contribution in [0.2, 0.25) is 0 Å². The monoisotopic (exact) mass is 267 g/mol. The molecule has 5 heteroatoms. The van der Waals surface area contributed by atoms with E-state index in [0.717, 1.165) is 17.1 Å². The summed E-state index contributed by atoms with van der Waals surface area (Å²) >= 11 is 5.18. The summed E-state index contributed by atoms with van der Waals surface area (Å²) in [6, 6.07) is 5.25. The number of benzene rings is 1. The lowest BCUT2D eigenvalue weighted by Gasteiger charge is -2.34. The molecule has 1 atom stereocenters. The second kappa shape index (κ2) is 5.54. The van der Waals surface area contributed by atoms with E-state index >= 15 is 0 Å². The van der Waals surface area contributed by atoms with Crippen molar-refractivity contribution in [1.29, 1.82) is 0 Å². The van der Waals surface area contributed by atoms with E-state index in [1.807, 2.05) is 19.1 Å². The Morgan fingerprint density at radius 2 is 2.33 bits per heavy atom. The molecule has 0 aromatic heterocycles. The van der Waals surface area contributed by atoms with Crippen LogP contribution in [-0.2, 0) is 4.74 Å². The highest BCUT2D eigenvalue weighted by Crippen LogP contribution is 2.32. The zero-order chi connectivity index (χ0) is 13.1. The number of rotatable bonds is 2. The van der Waals surface area contributed by atoms with Crippen LogP contribution in [0.25, 0.3) is 0 Å². The number of morpholine rings is 1. The minimum Gasteiger partial charge on any atom is -0.507 e. The van der Waals surface area contributed by atoms with E-state index in [0.29, 0.717) is 18.9 Å². The van der Waals surface area contributed by atoms with Crippen molar-refractivity contribution in [1.82, 2.24) is 4.90 Å². The Morgan fingerprint density at radius 1 is 1.56 bits per heavy atom. The van der Waals surface area contributed by atoms with E-state index in [9.17, 15) is 5.11 Å². The summed E-state index contributed by atoms with van der Waals surface area (Å²) in [7, 11) is 1.57. The van der Waals surface area contributed by atoms with E-state index in [-0.39, 0.29) is 11.9 Å². The number of aromatic hydroxyl groups is 1. The molecule has 1 saturated heterocycles. The quantitative estimate of drug-likeness (QED) is 0.831. The molecule has 1 heterocycles. The van der Waals surface area contributed by atoms with Gasteiger partial charge in [0.05, 0.1) is 18.7 Å². The molecule has 1 aromatic rings. The second-order valence-electron chi connectivity index (χ2n) is 4.25. The summed E-state index contributed by atoms with van der Waals surface area (Å²) in [4.78, 5) is 2.95. The lowest BCUT2D eigenvalue weighted by molar-refractivity contribution is -0.00742. The number of thiocarbonyl (C=S) groups is 1. The first-order valence-corrected chi connectivity index (χ1v) is 6.26. The van der Waals surface area contributed by atoms with Crippen molar-refractivity contribution in [2.45, 2.75) is 13.0 Å². The molecule has 0 bridgehead atoms. The maximum Gasteiger partial charge on any atom is 0.125 e. The third-order valence-electron chi connectivity index (χ3n) is 3.10. The summed E-state index contributed by atoms with van der Waals surface area (Å²) in [6.07, 6.45) is -0.150. The first-order valence-electron chi connectivity index (χ1n) is 5.86. The summed E-state index contributed by atoms with van der Waals surface area (Å²) < 4.78 is 10.8. The average molecular weight is 267 g/mol. The van der Waals surface area contributed by atoms with Gasteiger partial charge in [-0.25, -0.2) is 0 Å². The van der Waals surface area contributed by atoms with Gasteiger partial charge in [-0.05, 0) is 19.1 Å². The number of nitrogens with zero attached hydrogens (tertiary/aromatic N) is 1. The molecular formula is C13H17NO3S. The molecule has 0 spiro atoms. The number of phenols is 1. The minimum absolute atomic E-state index is 0.150. The number of methoxy groups -OCH3 is 1. The highest BCUT2D eigenvalue weighted by atomic mass is 32.1. The topological polar surface area (TPSA) is 41.9 Å². The Bertz CT molecular complexity index is 450. The molecule has 0 aliphatic carbocycles. The SMILES string of the molecule is COc1ccc(C2CN(C(C)=S)CCO2)c(O)c1. The van der Waals surface area contributed by atoms with Gasteiger partial charge in [-0.2, -0.15) is 0 Å². The molecule has 1 unspecified atom stereocenters. The van der Waals surface area contributed by atoms with Crippen LogP contribution in [0.15, 0.2) is 18.2 Å². The van der Waals surface area contributed by atoms with Crippen molar-refractivity contribution in [3.63, 3.8) is 0 Å². The highest BCUT2D eigenvalue weighted by Gasteiger charge is 2.24. The summed E-state index contributed by atoms with van der Waals surface area (Å²) in [6.45, 7) is 4.01. The van der Waals surface area contributed by atoms with Gasteiger partial charge in [-0.3, -0.25) is 0 Å². The first kappa shape index (κ1) is 13.1. The fraction of sp³-hybridized carbons (Fsp3) is 0.462. The maximum absolute atomic E-state index is 9.99. The maximum atomic E-state index is 9.99. The van der Waals surface area contributed by atoms with E-state index in [4.69, 9.17) is 21.7 Å². The first-order chi connectivity index (χ1) is 8.61. The Labute approximate surface area is 112 Å². The van der Waals surface area contributed by atoms with Crippen molar-refractivity contribution in [2.75, 3.05) is 26.8 Å². The molecular weight excluding hydrogens is 250 g/mol. The molecule has 4 nitrogen and oxygen atoms in total. The van der Waals surface area contributed by atoms with Crippen molar-refractivity contribution in [2.24, 2.45) is 0 Å². The van der Waals surface area contributed by atoms with Gasteiger partial charge in [0.1, 0.15) is 17.6 Å². The van der Waals surface area contributed by atoms with Gasteiger partial charge in [0.25, 0.3) is 0 Å². The molecule has 1 N–H and O–H groups in total. The van der Waals surface area contributed by atoms with Gasteiger partial charge in [0, 0.05) is 24.7 Å². The standard InChI is InChI=1S/C13H17NO3S/c1-9(18)14-5-6-17-13(8-14)11-4-3-10(16-2)7-12(11)15/h3-4,7,13,15H,5-6,8H2,1-2H3. The minimum atomic E-state index is -0.150. The summed E-state index contributed by atoms with van der Waals surface area (Å²) in [5.74, 6) is 0.832. The lowest BCUT2D eigenvalue weighted by Crippen LogP contribution is -2.40. The predicted octanol–water partition coefficient (Wildman–Crippen LogP) is 2.12. The van der Waals surface area contributed by atoms with Crippen LogP contribution >= 0.6 is 12.2 Å². The number of hydrogen-bond acceptors (Lipinski definition) is 4. The lowest BCUT2D eigenvalue weighted by atomic mass is 10.1. The number of hydrogen-bond donors (Lipinski definition) is 1. The third kappa shape index (κ3) is 2.73. The Morgan fingerprint density at radius 3 is 2.94 bits per heavy atom. The molecule has 98 valence electrons. The van der Waals surface area contributed by atoms with Gasteiger partial charge < -0.3 is 19.5 Å². The van der Waals surface area contributed by atoms with Crippen molar-refractivity contribution in [3.05, 3.63) is 23.8 Å². The molecule has 0 saturated carbocycles. The van der Waals surface area contributed by atoms with Crippen molar-refractivity contribution >= 4 is 17.2 Å². The van der Waals surface area contributed by atoms with Crippen molar-refractivity contribution < 1.29 is 14.6 Å². The fourth-order valence-corrected chi connectivity index (χ4v) is 2.21. The number of ether oxygens (including phenoxy) is 2. The molecule has 2 rings (SSSR count). The molecule has 1 aliphatic rings. The van der Waals surface area contributed by atoms with Gasteiger partial charge in [-0.1, -0.05) is 12.2 Å². The Hall–Kier alpha value is -1.33. The van der Waals surface area contributed by atoms with Crippen LogP contribution in [0.4, 0.5) is 0 Å². The van der Waals surface area contributed by atoms with Crippen LogP contribution in [0, 0.1) is 0 Å². The highest BCUT2D eigenvalue weighted by molar-refractivity contribution is 7.80. The molecule has 1 aliphatic heterocycles. The van der Waals surface area contributed by atoms with Crippen LogP contribution in [0.3, 0.4) is 0 Å². The second-order valence-corrected chi connectivity index (χ2v) is 4.84. The Balaban J connectivity index is 2.18. The van der Waals surface area contributed by atoms with Crippen LogP contribution in [0.5, 0.6) is 11.5 Å². The van der Waals surface area contributed by atoms with Gasteiger partial charge in [0.15, 0.2) is 0 Å². The fourth-order valence-electron chi connectivity index (χ4n) is 2.05. The van der Waals surface area contributed by atoms with E-state index in [1.54, 1.807) is 13.2 Å². The zero-order valence-corrected chi connectivity index (χ0v) is 11.4. The van der Waals surface area contributed by atoms with Crippen molar-refractivity contribution in [3.8, 4) is 11.5 Å². The average Bonchev–Trinajstić information content (AvgIpc) is 2.38. The van der Waals surface area contributed by atoms with Crippen LogP contribution in [-0.4, -0.2) is 41.8 Å². The van der Waals surface area contributed by atoms with E-state index < -0.39 is 0 Å². The number of phenolic OH excluding ortho intramolecular Hbond substituents is 1. The van der Waals surface area contributed by atoms with E-state index in [1.165, 1.54) is 0 Å².